The van der Waals surface area contributed by atoms with Crippen molar-refractivity contribution >= 4 is 11.8 Å². The monoisotopic (exact) mass is 176 g/mol. The Bertz CT molecular complexity index is 315. The largest absolute Gasteiger partial charge is 0.231 e. The second-order valence-corrected chi connectivity index (χ2v) is 3.11. The third-order valence-corrected chi connectivity index (χ3v) is 2.11. The van der Waals surface area contributed by atoms with Gasteiger partial charge >= 0.3 is 0 Å². The van der Waals surface area contributed by atoms with Gasteiger partial charge in [-0.1, -0.05) is 12.1 Å². The normalized spacial score (nSPS) is 8.92. The van der Waals surface area contributed by atoms with Gasteiger partial charge in [0.05, 0.1) is 5.03 Å². The minimum Gasteiger partial charge on any atom is -0.231 e. The van der Waals surface area contributed by atoms with E-state index < -0.39 is 0 Å². The second kappa shape index (κ2) is 4.58. The first kappa shape index (κ1) is 8.82. The van der Waals surface area contributed by atoms with Gasteiger partial charge in [0.25, 0.3) is 0 Å². The van der Waals surface area contributed by atoms with Crippen LogP contribution in [0.1, 0.15) is 5.69 Å². The fraction of sp³-hybridized carbons (Fsp3) is 0.111. The van der Waals surface area contributed by atoms with Crippen LogP contribution < -0.4 is 0 Å². The Labute approximate surface area is 75.9 Å². The first-order valence-electron chi connectivity index (χ1n) is 3.47. The highest BCUT2D eigenvalue weighted by atomic mass is 32.2. The molecule has 2 nitrogen and oxygen atoms in total. The van der Waals surface area contributed by atoms with Crippen LogP contribution in [0.2, 0.25) is 0 Å². The van der Waals surface area contributed by atoms with Crippen LogP contribution in [0.5, 0.6) is 0 Å². The maximum Gasteiger partial charge on any atom is 0.141 e. The summed E-state index contributed by atoms with van der Waals surface area (Å²) in [7, 11) is 0. The maximum atomic E-state index is 8.55. The van der Waals surface area contributed by atoms with Crippen LogP contribution in [0, 0.1) is 11.3 Å². The molecular formula is C9H8N2S. The predicted molar refractivity (Wildman–Crippen MR) is 49.9 cm³/mol. The van der Waals surface area contributed by atoms with Gasteiger partial charge in [-0.3, -0.25) is 0 Å². The van der Waals surface area contributed by atoms with E-state index in [1.165, 1.54) is 0 Å². The summed E-state index contributed by atoms with van der Waals surface area (Å²) in [6, 6.07) is 7.40. The molecule has 0 saturated carbocycles. The van der Waals surface area contributed by atoms with E-state index in [2.05, 4.69) is 11.6 Å². The van der Waals surface area contributed by atoms with E-state index in [4.69, 9.17) is 5.26 Å². The molecule has 0 aromatic carbocycles. The zero-order chi connectivity index (χ0) is 8.81. The van der Waals surface area contributed by atoms with Gasteiger partial charge in [0.1, 0.15) is 11.8 Å². The molecule has 0 radical (unpaired) electrons. The maximum absolute atomic E-state index is 8.55. The third-order valence-electron chi connectivity index (χ3n) is 1.19. The van der Waals surface area contributed by atoms with Crippen LogP contribution in [-0.4, -0.2) is 10.7 Å². The third kappa shape index (κ3) is 2.40. The molecule has 0 aliphatic carbocycles. The summed E-state index contributed by atoms with van der Waals surface area (Å²) in [6.45, 7) is 3.60. The summed E-state index contributed by atoms with van der Waals surface area (Å²) < 4.78 is 0. The highest BCUT2D eigenvalue weighted by molar-refractivity contribution is 7.99. The number of thioether (sulfide) groups is 1. The Morgan fingerprint density at radius 1 is 1.67 bits per heavy atom. The van der Waals surface area contributed by atoms with Crippen molar-refractivity contribution in [1.82, 2.24) is 4.98 Å². The van der Waals surface area contributed by atoms with Crippen LogP contribution in [0.15, 0.2) is 35.9 Å². The molecule has 0 bridgehead atoms. The highest BCUT2D eigenvalue weighted by Crippen LogP contribution is 2.14. The van der Waals surface area contributed by atoms with Gasteiger partial charge in [0.2, 0.25) is 0 Å². The van der Waals surface area contributed by atoms with E-state index in [1.54, 1.807) is 17.8 Å². The molecule has 0 fully saturated rings. The fourth-order valence-electron chi connectivity index (χ4n) is 0.702. The Hall–Kier alpha value is -1.27. The molecule has 1 heterocycles. The van der Waals surface area contributed by atoms with Crippen LogP contribution >= 0.6 is 11.8 Å². The number of aromatic nitrogens is 1. The highest BCUT2D eigenvalue weighted by Gasteiger charge is 1.94. The van der Waals surface area contributed by atoms with Gasteiger partial charge in [-0.25, -0.2) is 4.98 Å². The van der Waals surface area contributed by atoms with Crippen molar-refractivity contribution < 1.29 is 0 Å². The number of hydrogen-bond donors (Lipinski definition) is 0. The molecule has 0 atom stereocenters. The SMILES string of the molecule is C=CCSc1cccc(C#N)n1. The van der Waals surface area contributed by atoms with Gasteiger partial charge < -0.3 is 0 Å². The molecule has 0 aliphatic heterocycles. The summed E-state index contributed by atoms with van der Waals surface area (Å²) in [5.74, 6) is 0.821. The van der Waals surface area contributed by atoms with E-state index in [9.17, 15) is 0 Å². The van der Waals surface area contributed by atoms with E-state index in [-0.39, 0.29) is 0 Å². The lowest BCUT2D eigenvalue weighted by Gasteiger charge is -1.95. The zero-order valence-corrected chi connectivity index (χ0v) is 7.34. The van der Waals surface area contributed by atoms with Crippen molar-refractivity contribution in [3.05, 3.63) is 36.5 Å². The van der Waals surface area contributed by atoms with Crippen molar-refractivity contribution in [2.24, 2.45) is 0 Å². The van der Waals surface area contributed by atoms with E-state index >= 15 is 0 Å². The smallest absolute Gasteiger partial charge is 0.141 e. The van der Waals surface area contributed by atoms with E-state index in [1.807, 2.05) is 24.3 Å². The molecule has 0 spiro atoms. The van der Waals surface area contributed by atoms with Crippen molar-refractivity contribution in [3.8, 4) is 6.07 Å². The average molecular weight is 176 g/mol. The number of hydrogen-bond acceptors (Lipinski definition) is 3. The van der Waals surface area contributed by atoms with Gasteiger partial charge in [-0.2, -0.15) is 5.26 Å². The molecule has 12 heavy (non-hydrogen) atoms. The summed E-state index contributed by atoms with van der Waals surface area (Å²) in [5.41, 5.74) is 0.462. The topological polar surface area (TPSA) is 36.7 Å². The summed E-state index contributed by atoms with van der Waals surface area (Å²) in [5, 5.41) is 9.41. The number of rotatable bonds is 3. The first-order chi connectivity index (χ1) is 5.86. The number of nitriles is 1. The van der Waals surface area contributed by atoms with Gasteiger partial charge in [-0.15, -0.1) is 18.3 Å². The molecule has 0 amide bonds. The average Bonchev–Trinajstić information content (AvgIpc) is 2.15. The summed E-state index contributed by atoms with van der Waals surface area (Å²) >= 11 is 1.57. The molecule has 1 aromatic heterocycles. The quantitative estimate of drug-likeness (QED) is 0.523. The molecule has 0 unspecified atom stereocenters. The van der Waals surface area contributed by atoms with Crippen LogP contribution in [0.4, 0.5) is 0 Å². The summed E-state index contributed by atoms with van der Waals surface area (Å²) in [6.07, 6.45) is 1.81. The predicted octanol–water partition coefficient (Wildman–Crippen LogP) is 2.23. The number of pyridine rings is 1. The first-order valence-corrected chi connectivity index (χ1v) is 4.46. The Kier molecular flexibility index (Phi) is 3.36. The molecule has 3 heteroatoms. The molecule has 60 valence electrons. The zero-order valence-electron chi connectivity index (χ0n) is 6.53. The van der Waals surface area contributed by atoms with Crippen molar-refractivity contribution in [2.75, 3.05) is 5.75 Å². The standard InChI is InChI=1S/C9H8N2S/c1-2-6-12-9-5-3-4-8(7-10)11-9/h2-5H,1,6H2. The van der Waals surface area contributed by atoms with Crippen molar-refractivity contribution in [2.45, 2.75) is 5.03 Å². The Balaban J connectivity index is 2.74. The van der Waals surface area contributed by atoms with Gasteiger partial charge in [-0.05, 0) is 12.1 Å². The number of nitrogens with zero attached hydrogens (tertiary/aromatic N) is 2. The van der Waals surface area contributed by atoms with Crippen LogP contribution in [0.25, 0.3) is 0 Å². The van der Waals surface area contributed by atoms with Crippen LogP contribution in [0.3, 0.4) is 0 Å². The van der Waals surface area contributed by atoms with Crippen molar-refractivity contribution in [3.63, 3.8) is 0 Å². The lowest BCUT2D eigenvalue weighted by Crippen LogP contribution is -1.84. The molecule has 1 rings (SSSR count). The molecule has 0 saturated heterocycles. The lowest BCUT2D eigenvalue weighted by atomic mass is 10.4. The minimum absolute atomic E-state index is 0.462. The van der Waals surface area contributed by atoms with E-state index in [0.29, 0.717) is 5.69 Å². The van der Waals surface area contributed by atoms with Crippen molar-refractivity contribution in [1.29, 1.82) is 5.26 Å². The molecule has 1 aromatic rings. The molecule has 0 N–H and O–H groups in total. The summed E-state index contributed by atoms with van der Waals surface area (Å²) in [4.78, 5) is 4.08. The molecular weight excluding hydrogens is 168 g/mol. The second-order valence-electron chi connectivity index (χ2n) is 2.07. The lowest BCUT2D eigenvalue weighted by molar-refractivity contribution is 1.10. The molecule has 0 aliphatic rings. The Morgan fingerprint density at radius 3 is 3.17 bits per heavy atom. The minimum atomic E-state index is 0.462. The van der Waals surface area contributed by atoms with E-state index in [0.717, 1.165) is 10.8 Å². The Morgan fingerprint density at radius 2 is 2.50 bits per heavy atom. The fourth-order valence-corrected chi connectivity index (χ4v) is 1.33. The van der Waals surface area contributed by atoms with Gasteiger partial charge in [0.15, 0.2) is 0 Å². The van der Waals surface area contributed by atoms with Gasteiger partial charge in [0, 0.05) is 5.75 Å². The van der Waals surface area contributed by atoms with Crippen LogP contribution in [-0.2, 0) is 0 Å².